The zero-order chi connectivity index (χ0) is 18.4. The van der Waals surface area contributed by atoms with Crippen LogP contribution in [0.2, 0.25) is 5.02 Å². The molecule has 26 heavy (non-hydrogen) atoms. The van der Waals surface area contributed by atoms with Crippen molar-refractivity contribution in [2.24, 2.45) is 0 Å². The molecular weight excluding hydrogens is 372 g/mol. The van der Waals surface area contributed by atoms with Gasteiger partial charge in [-0.2, -0.15) is 0 Å². The molecule has 0 spiro atoms. The monoisotopic (exact) mass is 394 g/mol. The van der Waals surface area contributed by atoms with Crippen LogP contribution in [-0.2, 0) is 4.79 Å². The maximum Gasteiger partial charge on any atom is 0.277 e. The lowest BCUT2D eigenvalue weighted by Crippen LogP contribution is -2.45. The van der Waals surface area contributed by atoms with Gasteiger partial charge >= 0.3 is 0 Å². The molecule has 0 radical (unpaired) electrons. The van der Waals surface area contributed by atoms with Crippen LogP contribution in [0.15, 0.2) is 33.9 Å². The van der Waals surface area contributed by atoms with Gasteiger partial charge in [0.05, 0.1) is 5.75 Å². The molecule has 6 nitrogen and oxygen atoms in total. The molecule has 2 heterocycles. The van der Waals surface area contributed by atoms with Gasteiger partial charge in [0.25, 0.3) is 5.22 Å². The summed E-state index contributed by atoms with van der Waals surface area (Å²) in [4.78, 5) is 14.6. The largest absolute Gasteiger partial charge is 0.411 e. The van der Waals surface area contributed by atoms with Crippen LogP contribution in [-0.4, -0.2) is 52.4 Å². The molecule has 1 aromatic carbocycles. The minimum absolute atomic E-state index is 0.00943. The molecule has 0 aliphatic carbocycles. The maximum absolute atomic E-state index is 12.2. The minimum atomic E-state index is 0.00943. The highest BCUT2D eigenvalue weighted by atomic mass is 35.5. The quantitative estimate of drug-likeness (QED) is 0.725. The first-order valence-corrected chi connectivity index (χ1v) is 10.2. The van der Waals surface area contributed by atoms with E-state index in [1.807, 2.05) is 12.1 Å². The van der Waals surface area contributed by atoms with Gasteiger partial charge in [0, 0.05) is 29.7 Å². The molecule has 0 atom stereocenters. The molecular formula is C18H23ClN4O2S. The van der Waals surface area contributed by atoms with Crippen LogP contribution in [0.25, 0.3) is 11.5 Å². The molecule has 0 saturated carbocycles. The molecule has 1 aliphatic rings. The lowest BCUT2D eigenvalue weighted by molar-refractivity contribution is -0.119. The number of nitrogens with zero attached hydrogens (tertiary/aromatic N) is 3. The van der Waals surface area contributed by atoms with E-state index in [4.69, 9.17) is 16.0 Å². The van der Waals surface area contributed by atoms with Gasteiger partial charge in [0.1, 0.15) is 0 Å². The van der Waals surface area contributed by atoms with Crippen LogP contribution in [0.3, 0.4) is 0 Å². The molecule has 8 heteroatoms. The van der Waals surface area contributed by atoms with Crippen molar-refractivity contribution in [1.82, 2.24) is 20.4 Å². The summed E-state index contributed by atoms with van der Waals surface area (Å²) in [6.07, 6.45) is 3.20. The van der Waals surface area contributed by atoms with E-state index in [1.54, 1.807) is 12.1 Å². The number of benzene rings is 1. The van der Waals surface area contributed by atoms with Crippen LogP contribution in [0.1, 0.15) is 26.2 Å². The molecule has 1 saturated heterocycles. The van der Waals surface area contributed by atoms with Crippen molar-refractivity contribution in [3.05, 3.63) is 29.3 Å². The first-order chi connectivity index (χ1) is 12.6. The average Bonchev–Trinajstić information content (AvgIpc) is 3.11. The van der Waals surface area contributed by atoms with Crippen molar-refractivity contribution in [3.8, 4) is 11.5 Å². The second kappa shape index (κ2) is 9.39. The number of amides is 1. The number of carbonyl (C=O) groups excluding carboxylic acids is 1. The summed E-state index contributed by atoms with van der Waals surface area (Å²) in [6.45, 7) is 5.45. The topological polar surface area (TPSA) is 71.3 Å². The second-order valence-electron chi connectivity index (χ2n) is 6.35. The predicted molar refractivity (Wildman–Crippen MR) is 103 cm³/mol. The van der Waals surface area contributed by atoms with Crippen LogP contribution >= 0.6 is 23.4 Å². The van der Waals surface area contributed by atoms with Crippen molar-refractivity contribution in [2.75, 3.05) is 25.4 Å². The zero-order valence-electron chi connectivity index (χ0n) is 14.8. The Hall–Kier alpha value is -1.57. The Labute approximate surface area is 162 Å². The highest BCUT2D eigenvalue weighted by molar-refractivity contribution is 7.99. The number of nitrogens with one attached hydrogen (secondary N) is 1. The fraction of sp³-hybridized carbons (Fsp3) is 0.500. The Morgan fingerprint density at radius 2 is 2.04 bits per heavy atom. The predicted octanol–water partition coefficient (Wildman–Crippen LogP) is 3.47. The summed E-state index contributed by atoms with van der Waals surface area (Å²) in [5.41, 5.74) is 0.803. The Morgan fingerprint density at radius 3 is 2.73 bits per heavy atom. The third-order valence-corrected chi connectivity index (χ3v) is 5.39. The third-order valence-electron chi connectivity index (χ3n) is 4.32. The highest BCUT2D eigenvalue weighted by Crippen LogP contribution is 2.24. The Balaban J connectivity index is 1.43. The van der Waals surface area contributed by atoms with Gasteiger partial charge in [0.15, 0.2) is 0 Å². The first-order valence-electron chi connectivity index (χ1n) is 8.88. The van der Waals surface area contributed by atoms with E-state index in [1.165, 1.54) is 18.2 Å². The first kappa shape index (κ1) is 19.2. The molecule has 1 fully saturated rings. The van der Waals surface area contributed by atoms with Gasteiger partial charge in [-0.05, 0) is 50.1 Å². The molecule has 1 aliphatic heterocycles. The minimum Gasteiger partial charge on any atom is -0.411 e. The van der Waals surface area contributed by atoms with E-state index in [9.17, 15) is 4.79 Å². The Morgan fingerprint density at radius 1 is 1.31 bits per heavy atom. The van der Waals surface area contributed by atoms with Crippen molar-refractivity contribution >= 4 is 29.3 Å². The van der Waals surface area contributed by atoms with Crippen LogP contribution in [0, 0.1) is 0 Å². The van der Waals surface area contributed by atoms with E-state index < -0.39 is 0 Å². The molecule has 2 aromatic rings. The summed E-state index contributed by atoms with van der Waals surface area (Å²) in [7, 11) is 0. The van der Waals surface area contributed by atoms with E-state index >= 15 is 0 Å². The number of hydrogen-bond acceptors (Lipinski definition) is 6. The molecule has 140 valence electrons. The van der Waals surface area contributed by atoms with Crippen molar-refractivity contribution in [2.45, 2.75) is 37.5 Å². The van der Waals surface area contributed by atoms with Crippen molar-refractivity contribution in [1.29, 1.82) is 0 Å². The number of aromatic nitrogens is 2. The lowest BCUT2D eigenvalue weighted by Gasteiger charge is -2.32. The van der Waals surface area contributed by atoms with E-state index in [0.717, 1.165) is 38.0 Å². The fourth-order valence-electron chi connectivity index (χ4n) is 2.99. The van der Waals surface area contributed by atoms with Crippen LogP contribution in [0.4, 0.5) is 0 Å². The summed E-state index contributed by atoms with van der Waals surface area (Å²) < 4.78 is 5.60. The van der Waals surface area contributed by atoms with Gasteiger partial charge in [-0.25, -0.2) is 0 Å². The summed E-state index contributed by atoms with van der Waals surface area (Å²) >= 11 is 7.13. The second-order valence-corrected chi connectivity index (χ2v) is 7.72. The Kier molecular flexibility index (Phi) is 6.93. The van der Waals surface area contributed by atoms with Gasteiger partial charge in [-0.3, -0.25) is 4.79 Å². The van der Waals surface area contributed by atoms with Gasteiger partial charge < -0.3 is 14.6 Å². The summed E-state index contributed by atoms with van der Waals surface area (Å²) in [5, 5.41) is 12.2. The number of thioether (sulfide) groups is 1. The van der Waals surface area contributed by atoms with Crippen LogP contribution < -0.4 is 5.32 Å². The summed E-state index contributed by atoms with van der Waals surface area (Å²) in [6, 6.07) is 7.45. The van der Waals surface area contributed by atoms with Gasteiger partial charge in [-0.15, -0.1) is 10.2 Å². The molecule has 1 N–H and O–H groups in total. The van der Waals surface area contributed by atoms with Crippen molar-refractivity contribution in [3.63, 3.8) is 0 Å². The zero-order valence-corrected chi connectivity index (χ0v) is 16.4. The lowest BCUT2D eigenvalue weighted by atomic mass is 10.1. The maximum atomic E-state index is 12.2. The summed E-state index contributed by atoms with van der Waals surface area (Å²) in [5.74, 6) is 0.709. The average molecular weight is 395 g/mol. The number of halogens is 1. The molecule has 0 bridgehead atoms. The normalized spacial score (nSPS) is 15.9. The molecule has 1 aromatic heterocycles. The van der Waals surface area contributed by atoms with E-state index in [0.29, 0.717) is 16.1 Å². The number of carbonyl (C=O) groups is 1. The third kappa shape index (κ3) is 5.46. The number of likely N-dealkylation sites (tertiary alicyclic amines) is 1. The molecule has 0 unspecified atom stereocenters. The van der Waals surface area contributed by atoms with Gasteiger partial charge in [0.2, 0.25) is 11.8 Å². The van der Waals surface area contributed by atoms with E-state index in [-0.39, 0.29) is 17.7 Å². The van der Waals surface area contributed by atoms with Gasteiger partial charge in [-0.1, -0.05) is 30.3 Å². The number of piperidine rings is 1. The molecule has 3 rings (SSSR count). The SMILES string of the molecule is CCCN1CCC(NC(=O)CSc2nnc(-c3ccc(Cl)cc3)o2)CC1. The van der Waals surface area contributed by atoms with Crippen LogP contribution in [0.5, 0.6) is 0 Å². The fourth-order valence-corrected chi connectivity index (χ4v) is 3.69. The van der Waals surface area contributed by atoms with E-state index in [2.05, 4.69) is 27.3 Å². The van der Waals surface area contributed by atoms with Crippen molar-refractivity contribution < 1.29 is 9.21 Å². The highest BCUT2D eigenvalue weighted by Gasteiger charge is 2.20. The Bertz CT molecular complexity index is 714. The standard InChI is InChI=1S/C18H23ClN4O2S/c1-2-9-23-10-7-15(8-11-23)20-16(24)12-26-18-22-21-17(25-18)13-3-5-14(19)6-4-13/h3-6,15H,2,7-12H2,1H3,(H,20,24). The smallest absolute Gasteiger partial charge is 0.277 e. The molecule has 1 amide bonds. The number of rotatable bonds is 7. The number of hydrogen-bond donors (Lipinski definition) is 1.